The second kappa shape index (κ2) is 7.99. The minimum atomic E-state index is -3.51. The molecule has 2 aliphatic rings. The van der Waals surface area contributed by atoms with E-state index in [-0.39, 0.29) is 18.8 Å². The molecular weight excluding hydrogens is 361 g/mol. The number of rotatable bonds is 5. The van der Waals surface area contributed by atoms with E-state index in [1.165, 1.54) is 23.5 Å². The molecule has 2 aliphatic heterocycles. The van der Waals surface area contributed by atoms with Crippen LogP contribution in [0.5, 0.6) is 0 Å². The van der Waals surface area contributed by atoms with Gasteiger partial charge in [0.15, 0.2) is 0 Å². The fourth-order valence-corrected chi connectivity index (χ4v) is 5.35. The highest BCUT2D eigenvalue weighted by Crippen LogP contribution is 2.23. The molecule has 0 aromatic heterocycles. The Morgan fingerprint density at radius 1 is 1.31 bits per heavy atom. The summed E-state index contributed by atoms with van der Waals surface area (Å²) in [6.07, 6.45) is 0.963. The van der Waals surface area contributed by atoms with Gasteiger partial charge >= 0.3 is 5.97 Å². The summed E-state index contributed by atoms with van der Waals surface area (Å²) in [6.45, 7) is 2.38. The predicted octanol–water partition coefficient (Wildman–Crippen LogP) is 0.524. The van der Waals surface area contributed by atoms with Crippen LogP contribution in [-0.4, -0.2) is 68.3 Å². The number of esters is 1. The molecule has 2 unspecified atom stereocenters. The Bertz CT molecular complexity index is 741. The maximum absolute atomic E-state index is 13.0. The zero-order valence-electron chi connectivity index (χ0n) is 14.7. The summed E-state index contributed by atoms with van der Waals surface area (Å²) >= 11 is 0. The lowest BCUT2D eigenvalue weighted by atomic mass is 10.2. The Morgan fingerprint density at radius 2 is 2.04 bits per heavy atom. The number of sulfonamides is 1. The van der Waals surface area contributed by atoms with Crippen LogP contribution in [-0.2, 0) is 26.1 Å². The lowest BCUT2D eigenvalue weighted by Crippen LogP contribution is -2.50. The molecule has 2 saturated heterocycles. The highest BCUT2D eigenvalue weighted by Gasteiger charge is 2.41. The summed E-state index contributed by atoms with van der Waals surface area (Å²) in [7, 11) is -2.21. The van der Waals surface area contributed by atoms with Crippen LogP contribution in [0.2, 0.25) is 0 Å². The number of methoxy groups -OCH3 is 1. The van der Waals surface area contributed by atoms with Crippen molar-refractivity contribution in [3.8, 4) is 0 Å². The van der Waals surface area contributed by atoms with Crippen molar-refractivity contribution >= 4 is 16.0 Å². The second-order valence-electron chi connectivity index (χ2n) is 6.74. The van der Waals surface area contributed by atoms with Crippen molar-refractivity contribution in [2.75, 3.05) is 33.4 Å². The van der Waals surface area contributed by atoms with Gasteiger partial charge in [-0.2, -0.15) is 4.31 Å². The van der Waals surface area contributed by atoms with E-state index < -0.39 is 27.3 Å². The van der Waals surface area contributed by atoms with Crippen LogP contribution in [0.3, 0.4) is 0 Å². The van der Waals surface area contributed by atoms with Gasteiger partial charge in [0.25, 0.3) is 0 Å². The molecule has 0 radical (unpaired) electrons. The fourth-order valence-electron chi connectivity index (χ4n) is 3.48. The number of ether oxygens (including phenoxy) is 1. The van der Waals surface area contributed by atoms with Crippen molar-refractivity contribution in [3.63, 3.8) is 0 Å². The molecule has 1 N–H and O–H groups in total. The van der Waals surface area contributed by atoms with E-state index in [1.54, 1.807) is 12.1 Å². The predicted molar refractivity (Wildman–Crippen MR) is 94.1 cm³/mol. The molecule has 0 spiro atoms. The summed E-state index contributed by atoms with van der Waals surface area (Å²) in [5.41, 5.74) is 0.943. The molecule has 26 heavy (non-hydrogen) atoms. The highest BCUT2D eigenvalue weighted by molar-refractivity contribution is 7.89. The maximum atomic E-state index is 13.0. The van der Waals surface area contributed by atoms with Gasteiger partial charge in [0.1, 0.15) is 11.9 Å². The van der Waals surface area contributed by atoms with Crippen LogP contribution in [0.4, 0.5) is 4.39 Å². The van der Waals surface area contributed by atoms with Crippen LogP contribution in [0, 0.1) is 5.82 Å². The minimum absolute atomic E-state index is 0.226. The molecule has 2 atom stereocenters. The number of carbonyl (C=O) groups is 1. The van der Waals surface area contributed by atoms with Gasteiger partial charge in [-0.3, -0.25) is 9.69 Å². The van der Waals surface area contributed by atoms with Gasteiger partial charge in [0, 0.05) is 26.2 Å². The zero-order valence-corrected chi connectivity index (χ0v) is 15.5. The number of nitrogens with one attached hydrogen (secondary N) is 1. The molecule has 0 bridgehead atoms. The van der Waals surface area contributed by atoms with E-state index in [1.807, 2.05) is 4.90 Å². The Labute approximate surface area is 153 Å². The van der Waals surface area contributed by atoms with Crippen molar-refractivity contribution in [3.05, 3.63) is 35.6 Å². The van der Waals surface area contributed by atoms with Crippen molar-refractivity contribution in [1.82, 2.24) is 14.5 Å². The molecule has 0 amide bonds. The summed E-state index contributed by atoms with van der Waals surface area (Å²) < 4.78 is 45.1. The molecule has 0 aliphatic carbocycles. The van der Waals surface area contributed by atoms with Crippen LogP contribution < -0.4 is 5.32 Å². The zero-order chi connectivity index (χ0) is 18.7. The smallest absolute Gasteiger partial charge is 0.322 e. The Hall–Kier alpha value is -1.55. The molecule has 144 valence electrons. The van der Waals surface area contributed by atoms with Gasteiger partial charge in [-0.05, 0) is 30.5 Å². The number of carbonyl (C=O) groups excluding carboxylic acids is 1. The number of hydrogen-bond acceptors (Lipinski definition) is 6. The highest BCUT2D eigenvalue weighted by atomic mass is 32.2. The molecule has 7 nitrogen and oxygen atoms in total. The van der Waals surface area contributed by atoms with Crippen LogP contribution in [0.15, 0.2) is 24.3 Å². The van der Waals surface area contributed by atoms with Gasteiger partial charge in [0.2, 0.25) is 10.0 Å². The lowest BCUT2D eigenvalue weighted by molar-refractivity contribution is -0.142. The van der Waals surface area contributed by atoms with E-state index in [9.17, 15) is 17.6 Å². The molecule has 2 fully saturated rings. The lowest BCUT2D eigenvalue weighted by Gasteiger charge is -2.36. The van der Waals surface area contributed by atoms with Gasteiger partial charge in [-0.15, -0.1) is 0 Å². The van der Waals surface area contributed by atoms with Gasteiger partial charge in [-0.25, -0.2) is 12.8 Å². The van der Waals surface area contributed by atoms with Crippen molar-refractivity contribution < 1.29 is 22.3 Å². The first-order valence-electron chi connectivity index (χ1n) is 8.67. The first kappa shape index (κ1) is 19.2. The Morgan fingerprint density at radius 3 is 2.73 bits per heavy atom. The molecular formula is C17H24FN3O4S. The quantitative estimate of drug-likeness (QED) is 0.745. The molecule has 1 aromatic rings. The largest absolute Gasteiger partial charge is 0.468 e. The summed E-state index contributed by atoms with van der Waals surface area (Å²) in [6, 6.07) is 5.67. The first-order chi connectivity index (χ1) is 12.4. The third-order valence-electron chi connectivity index (χ3n) is 4.92. The molecule has 0 saturated carbocycles. The number of benzene rings is 1. The molecule has 3 rings (SSSR count). The van der Waals surface area contributed by atoms with Crippen molar-refractivity contribution in [2.45, 2.75) is 30.7 Å². The normalized spacial score (nSPS) is 25.3. The number of nitrogens with zero attached hydrogens (tertiary/aromatic N) is 2. The molecule has 1 aromatic carbocycles. The van der Waals surface area contributed by atoms with E-state index in [0.29, 0.717) is 19.8 Å². The average molecular weight is 385 g/mol. The SMILES string of the molecule is COC(=O)C1CC(S(=O)(=O)N2CCCN(Cc3ccc(F)cc3)C2)CN1. The van der Waals surface area contributed by atoms with Gasteiger partial charge in [-0.1, -0.05) is 12.1 Å². The fraction of sp³-hybridized carbons (Fsp3) is 0.588. The number of hydrogen-bond donors (Lipinski definition) is 1. The monoisotopic (exact) mass is 385 g/mol. The van der Waals surface area contributed by atoms with Crippen LogP contribution in [0.25, 0.3) is 0 Å². The third-order valence-corrected chi connectivity index (χ3v) is 7.14. The van der Waals surface area contributed by atoms with E-state index in [4.69, 9.17) is 0 Å². The first-order valence-corrected chi connectivity index (χ1v) is 10.2. The van der Waals surface area contributed by atoms with Gasteiger partial charge < -0.3 is 10.1 Å². The Kier molecular flexibility index (Phi) is 5.91. The number of halogens is 1. The molecule has 9 heteroatoms. The summed E-state index contributed by atoms with van der Waals surface area (Å²) in [5.74, 6) is -0.718. The summed E-state index contributed by atoms with van der Waals surface area (Å²) in [5, 5.41) is 2.30. The second-order valence-corrected chi connectivity index (χ2v) is 8.95. The van der Waals surface area contributed by atoms with Crippen molar-refractivity contribution in [1.29, 1.82) is 0 Å². The minimum Gasteiger partial charge on any atom is -0.468 e. The third kappa shape index (κ3) is 4.22. The topological polar surface area (TPSA) is 79.0 Å². The van der Waals surface area contributed by atoms with E-state index in [2.05, 4.69) is 10.1 Å². The average Bonchev–Trinajstić information content (AvgIpc) is 3.14. The molecule has 2 heterocycles. The van der Waals surface area contributed by atoms with Gasteiger partial charge in [0.05, 0.1) is 19.0 Å². The van der Waals surface area contributed by atoms with E-state index >= 15 is 0 Å². The Balaban J connectivity index is 1.63. The maximum Gasteiger partial charge on any atom is 0.322 e. The van der Waals surface area contributed by atoms with Crippen LogP contribution >= 0.6 is 0 Å². The van der Waals surface area contributed by atoms with Crippen LogP contribution in [0.1, 0.15) is 18.4 Å². The summed E-state index contributed by atoms with van der Waals surface area (Å²) in [4.78, 5) is 13.7. The van der Waals surface area contributed by atoms with E-state index in [0.717, 1.165) is 18.5 Å². The standard InChI is InChI=1S/C17H24FN3O4S/c1-25-17(22)16-9-15(10-19-16)26(23,24)21-8-2-7-20(12-21)11-13-3-5-14(18)6-4-13/h3-6,15-16,19H,2,7-12H2,1H3. The van der Waals surface area contributed by atoms with Crippen molar-refractivity contribution in [2.24, 2.45) is 0 Å².